The topological polar surface area (TPSA) is 81.4 Å². The van der Waals surface area contributed by atoms with Crippen LogP contribution in [0.25, 0.3) is 0 Å². The largest absolute Gasteiger partial charge is 0.466 e. The van der Waals surface area contributed by atoms with Gasteiger partial charge in [-0.1, -0.05) is 0 Å². The molecule has 98 valence electrons. The fraction of sp³-hybridized carbons (Fsp3) is 0.333. The van der Waals surface area contributed by atoms with Gasteiger partial charge in [0.25, 0.3) is 5.91 Å². The number of nitrogens with one attached hydrogen (secondary N) is 1. The Bertz CT molecular complexity index is 449. The number of esters is 1. The van der Waals surface area contributed by atoms with Crippen LogP contribution in [0.2, 0.25) is 0 Å². The number of rotatable bonds is 5. The van der Waals surface area contributed by atoms with Crippen molar-refractivity contribution in [3.63, 3.8) is 0 Å². The molecule has 0 aliphatic carbocycles. The van der Waals surface area contributed by atoms with Crippen LogP contribution < -0.4 is 11.1 Å². The average molecular weight is 315 g/mol. The van der Waals surface area contributed by atoms with E-state index in [1.807, 2.05) is 0 Å². The average Bonchev–Trinajstić information content (AvgIpc) is 2.33. The van der Waals surface area contributed by atoms with E-state index in [4.69, 9.17) is 10.5 Å². The number of halogens is 1. The lowest BCUT2D eigenvalue weighted by Gasteiger charge is -2.06. The molecule has 1 amide bonds. The second kappa shape index (κ2) is 7.00. The van der Waals surface area contributed by atoms with Crippen LogP contribution in [0.3, 0.4) is 0 Å². The SMILES string of the molecule is CCOC(=O)CCNC(=O)c1ccc(Br)c(N)c1. The van der Waals surface area contributed by atoms with Gasteiger partial charge in [-0.05, 0) is 41.1 Å². The van der Waals surface area contributed by atoms with Crippen LogP contribution in [-0.4, -0.2) is 25.0 Å². The quantitative estimate of drug-likeness (QED) is 0.640. The molecule has 0 atom stereocenters. The minimum absolute atomic E-state index is 0.158. The fourth-order valence-electron chi connectivity index (χ4n) is 1.30. The van der Waals surface area contributed by atoms with Gasteiger partial charge in [-0.25, -0.2) is 0 Å². The molecule has 5 nitrogen and oxygen atoms in total. The summed E-state index contributed by atoms with van der Waals surface area (Å²) in [6, 6.07) is 4.93. The fourth-order valence-corrected chi connectivity index (χ4v) is 1.54. The van der Waals surface area contributed by atoms with E-state index in [1.165, 1.54) is 0 Å². The smallest absolute Gasteiger partial charge is 0.307 e. The molecule has 0 aliphatic heterocycles. The van der Waals surface area contributed by atoms with Gasteiger partial charge in [0.2, 0.25) is 0 Å². The highest BCUT2D eigenvalue weighted by molar-refractivity contribution is 9.10. The third kappa shape index (κ3) is 4.37. The monoisotopic (exact) mass is 314 g/mol. The van der Waals surface area contributed by atoms with E-state index in [1.54, 1.807) is 25.1 Å². The summed E-state index contributed by atoms with van der Waals surface area (Å²) in [6.45, 7) is 2.32. The van der Waals surface area contributed by atoms with Gasteiger partial charge >= 0.3 is 5.97 Å². The third-order valence-electron chi connectivity index (χ3n) is 2.18. The highest BCUT2D eigenvalue weighted by atomic mass is 79.9. The van der Waals surface area contributed by atoms with Gasteiger partial charge in [0.15, 0.2) is 0 Å². The number of carbonyl (C=O) groups is 2. The second-order valence-electron chi connectivity index (χ2n) is 3.55. The molecule has 0 fully saturated rings. The van der Waals surface area contributed by atoms with Gasteiger partial charge in [0, 0.05) is 22.3 Å². The Hall–Kier alpha value is -1.56. The van der Waals surface area contributed by atoms with Gasteiger partial charge in [-0.3, -0.25) is 9.59 Å². The van der Waals surface area contributed by atoms with Crippen molar-refractivity contribution in [3.8, 4) is 0 Å². The van der Waals surface area contributed by atoms with Gasteiger partial charge in [0.05, 0.1) is 13.0 Å². The number of hydrogen-bond acceptors (Lipinski definition) is 4. The maximum Gasteiger partial charge on any atom is 0.307 e. The van der Waals surface area contributed by atoms with Gasteiger partial charge < -0.3 is 15.8 Å². The van der Waals surface area contributed by atoms with Crippen molar-refractivity contribution in [3.05, 3.63) is 28.2 Å². The zero-order valence-corrected chi connectivity index (χ0v) is 11.6. The van der Waals surface area contributed by atoms with Crippen molar-refractivity contribution >= 4 is 33.5 Å². The van der Waals surface area contributed by atoms with E-state index < -0.39 is 0 Å². The van der Waals surface area contributed by atoms with Crippen molar-refractivity contribution in [2.24, 2.45) is 0 Å². The molecule has 3 N–H and O–H groups in total. The standard InChI is InChI=1S/C12H15BrN2O3/c1-2-18-11(16)5-6-15-12(17)8-3-4-9(13)10(14)7-8/h3-4,7H,2,5-6,14H2,1H3,(H,15,17). The maximum absolute atomic E-state index is 11.7. The summed E-state index contributed by atoms with van der Waals surface area (Å²) in [5.74, 6) is -0.591. The molecule has 1 rings (SSSR count). The first kappa shape index (κ1) is 14.5. The summed E-state index contributed by atoms with van der Waals surface area (Å²) in [6.07, 6.45) is 0.158. The predicted molar refractivity (Wildman–Crippen MR) is 72.1 cm³/mol. The third-order valence-corrected chi connectivity index (χ3v) is 2.90. The Labute approximate surface area is 114 Å². The van der Waals surface area contributed by atoms with Gasteiger partial charge in [-0.2, -0.15) is 0 Å². The van der Waals surface area contributed by atoms with Gasteiger partial charge in [0.1, 0.15) is 0 Å². The van der Waals surface area contributed by atoms with Crippen LogP contribution in [0.15, 0.2) is 22.7 Å². The van der Waals surface area contributed by atoms with Crippen LogP contribution in [0.1, 0.15) is 23.7 Å². The molecule has 0 aliphatic rings. The number of nitrogen functional groups attached to an aromatic ring is 1. The molecule has 1 aromatic carbocycles. The molecule has 18 heavy (non-hydrogen) atoms. The Morgan fingerprint density at radius 3 is 2.78 bits per heavy atom. The van der Waals surface area contributed by atoms with E-state index in [-0.39, 0.29) is 24.8 Å². The number of benzene rings is 1. The molecular formula is C12H15BrN2O3. The first-order chi connectivity index (χ1) is 8.54. The van der Waals surface area contributed by atoms with E-state index >= 15 is 0 Å². The van der Waals surface area contributed by atoms with Crippen LogP contribution in [0, 0.1) is 0 Å². The number of hydrogen-bond donors (Lipinski definition) is 2. The van der Waals surface area contributed by atoms with Crippen LogP contribution in [0.4, 0.5) is 5.69 Å². The number of ether oxygens (including phenoxy) is 1. The second-order valence-corrected chi connectivity index (χ2v) is 4.40. The molecule has 0 bridgehead atoms. The summed E-state index contributed by atoms with van der Waals surface area (Å²) < 4.78 is 5.49. The lowest BCUT2D eigenvalue weighted by molar-refractivity contribution is -0.142. The van der Waals surface area contributed by atoms with Crippen LogP contribution in [0.5, 0.6) is 0 Å². The van der Waals surface area contributed by atoms with E-state index in [0.29, 0.717) is 17.9 Å². The number of nitrogens with two attached hydrogens (primary N) is 1. The summed E-state index contributed by atoms with van der Waals surface area (Å²) >= 11 is 3.25. The first-order valence-electron chi connectivity index (χ1n) is 5.53. The van der Waals surface area contributed by atoms with Crippen molar-refractivity contribution in [2.75, 3.05) is 18.9 Å². The first-order valence-corrected chi connectivity index (χ1v) is 6.32. The molecule has 0 aromatic heterocycles. The molecule has 0 radical (unpaired) electrons. The molecule has 1 aromatic rings. The van der Waals surface area contributed by atoms with E-state index in [9.17, 15) is 9.59 Å². The van der Waals surface area contributed by atoms with Crippen LogP contribution >= 0.6 is 15.9 Å². The van der Waals surface area contributed by atoms with Crippen LogP contribution in [-0.2, 0) is 9.53 Å². The van der Waals surface area contributed by atoms with Crippen molar-refractivity contribution < 1.29 is 14.3 Å². The molecule has 0 saturated carbocycles. The van der Waals surface area contributed by atoms with E-state index in [0.717, 1.165) is 4.47 Å². The molecular weight excluding hydrogens is 300 g/mol. The Kier molecular flexibility index (Phi) is 5.64. The highest BCUT2D eigenvalue weighted by Gasteiger charge is 2.08. The van der Waals surface area contributed by atoms with Gasteiger partial charge in [-0.15, -0.1) is 0 Å². The minimum Gasteiger partial charge on any atom is -0.466 e. The van der Waals surface area contributed by atoms with Crippen molar-refractivity contribution in [1.29, 1.82) is 0 Å². The Balaban J connectivity index is 2.45. The lowest BCUT2D eigenvalue weighted by atomic mass is 10.2. The van der Waals surface area contributed by atoms with Crippen molar-refractivity contribution in [1.82, 2.24) is 5.32 Å². The predicted octanol–water partition coefficient (Wildman–Crippen LogP) is 1.71. The summed E-state index contributed by atoms with van der Waals surface area (Å²) in [4.78, 5) is 22.8. The molecule has 0 unspecified atom stereocenters. The molecule has 0 heterocycles. The summed E-state index contributed by atoms with van der Waals surface area (Å²) in [7, 11) is 0. The summed E-state index contributed by atoms with van der Waals surface area (Å²) in [5.41, 5.74) is 6.63. The number of amides is 1. The normalized spacial score (nSPS) is 9.89. The molecule has 0 spiro atoms. The lowest BCUT2D eigenvalue weighted by Crippen LogP contribution is -2.26. The number of anilines is 1. The maximum atomic E-state index is 11.7. The Morgan fingerprint density at radius 2 is 2.17 bits per heavy atom. The molecule has 0 saturated heterocycles. The zero-order chi connectivity index (χ0) is 13.5. The molecule has 6 heteroatoms. The number of carbonyl (C=O) groups excluding carboxylic acids is 2. The summed E-state index contributed by atoms with van der Waals surface area (Å²) in [5, 5.41) is 2.62. The highest BCUT2D eigenvalue weighted by Crippen LogP contribution is 2.19. The van der Waals surface area contributed by atoms with Crippen molar-refractivity contribution in [2.45, 2.75) is 13.3 Å². The zero-order valence-electron chi connectivity index (χ0n) is 10.0. The van der Waals surface area contributed by atoms with E-state index in [2.05, 4.69) is 21.2 Å². The minimum atomic E-state index is -0.326. The Morgan fingerprint density at radius 1 is 1.44 bits per heavy atom.